The van der Waals surface area contributed by atoms with Crippen molar-refractivity contribution in [3.63, 3.8) is 0 Å². The maximum Gasteiger partial charge on any atom is 0.233 e. The van der Waals surface area contributed by atoms with Gasteiger partial charge in [-0.3, -0.25) is 9.48 Å². The zero-order valence-electron chi connectivity index (χ0n) is 6.46. The van der Waals surface area contributed by atoms with Gasteiger partial charge in [0.25, 0.3) is 0 Å². The molecule has 0 radical (unpaired) electrons. The Morgan fingerprint density at radius 2 is 2.33 bits per heavy atom. The van der Waals surface area contributed by atoms with Gasteiger partial charge in [-0.2, -0.15) is 0 Å². The second-order valence-electron chi connectivity index (χ2n) is 3.10. The Morgan fingerprint density at radius 1 is 1.67 bits per heavy atom. The van der Waals surface area contributed by atoms with Gasteiger partial charge in [0.1, 0.15) is 0 Å². The Bertz CT molecular complexity index is 129. The minimum Gasteiger partial charge on any atom is -0.271 e. The average molecular weight is 127 g/mol. The Morgan fingerprint density at radius 3 is 2.78 bits per heavy atom. The number of rotatable bonds is 0. The molecule has 52 valence electrons. The highest BCUT2D eigenvalue weighted by atomic mass is 15.2. The van der Waals surface area contributed by atoms with Crippen LogP contribution in [0.15, 0.2) is 0 Å². The lowest BCUT2D eigenvalue weighted by atomic mass is 10.1. The monoisotopic (exact) mass is 127 g/mol. The molecule has 0 aromatic rings. The Hall–Kier alpha value is -0.530. The highest BCUT2D eigenvalue weighted by Gasteiger charge is 2.15. The zero-order valence-corrected chi connectivity index (χ0v) is 6.46. The average Bonchev–Trinajstić information content (AvgIpc) is 1.59. The van der Waals surface area contributed by atoms with Crippen LogP contribution in [0.2, 0.25) is 0 Å². The summed E-state index contributed by atoms with van der Waals surface area (Å²) < 4.78 is 2.23. The van der Waals surface area contributed by atoms with Gasteiger partial charge in [-0.1, -0.05) is 6.92 Å². The fourth-order valence-electron chi connectivity index (χ4n) is 1.47. The van der Waals surface area contributed by atoms with Crippen LogP contribution in [0.4, 0.5) is 0 Å². The van der Waals surface area contributed by atoms with E-state index in [1.54, 1.807) is 0 Å². The van der Waals surface area contributed by atoms with Gasteiger partial charge in [0.2, 0.25) is 6.34 Å². The molecule has 0 aliphatic carbocycles. The van der Waals surface area contributed by atoms with Crippen LogP contribution >= 0.6 is 0 Å². The molecule has 1 heterocycles. The summed E-state index contributed by atoms with van der Waals surface area (Å²) in [5, 5.41) is 0. The molecule has 1 atom stereocenters. The van der Waals surface area contributed by atoms with E-state index in [1.807, 2.05) is 0 Å². The van der Waals surface area contributed by atoms with Crippen molar-refractivity contribution in [2.45, 2.75) is 6.92 Å². The van der Waals surface area contributed by atoms with Crippen LogP contribution in [-0.2, 0) is 0 Å². The summed E-state index contributed by atoms with van der Waals surface area (Å²) in [6.07, 6.45) is 2.15. The largest absolute Gasteiger partial charge is 0.271 e. The summed E-state index contributed by atoms with van der Waals surface area (Å²) in [7, 11) is 4.23. The molecule has 1 aliphatic heterocycles. The summed E-state index contributed by atoms with van der Waals surface area (Å²) in [6.45, 7) is 4.68. The number of hydrogen-bond donors (Lipinski definition) is 0. The minimum absolute atomic E-state index is 0.810. The molecule has 0 fully saturated rings. The first-order chi connectivity index (χ1) is 4.18. The molecule has 0 aromatic heterocycles. The van der Waals surface area contributed by atoms with Crippen molar-refractivity contribution < 1.29 is 4.58 Å². The zero-order chi connectivity index (χ0) is 6.85. The van der Waals surface area contributed by atoms with E-state index < -0.39 is 0 Å². The van der Waals surface area contributed by atoms with Gasteiger partial charge in [0.05, 0.1) is 27.2 Å². The topological polar surface area (TPSA) is 6.25 Å². The van der Waals surface area contributed by atoms with Crippen LogP contribution in [-0.4, -0.2) is 43.0 Å². The summed E-state index contributed by atoms with van der Waals surface area (Å²) in [4.78, 5) is 2.23. The lowest BCUT2D eigenvalue weighted by Crippen LogP contribution is -2.37. The third-order valence-electron chi connectivity index (χ3n) is 1.59. The van der Waals surface area contributed by atoms with Gasteiger partial charge in [-0.05, 0) is 0 Å². The second-order valence-corrected chi connectivity index (χ2v) is 3.10. The molecule has 0 saturated carbocycles. The van der Waals surface area contributed by atoms with Crippen molar-refractivity contribution >= 4 is 6.34 Å². The normalized spacial score (nSPS) is 28.1. The van der Waals surface area contributed by atoms with Crippen LogP contribution in [0.5, 0.6) is 0 Å². The molecule has 0 amide bonds. The van der Waals surface area contributed by atoms with Crippen LogP contribution < -0.4 is 0 Å². The van der Waals surface area contributed by atoms with E-state index in [2.05, 4.69) is 36.8 Å². The molecular formula is C7H15N2+. The van der Waals surface area contributed by atoms with Gasteiger partial charge in [0, 0.05) is 5.92 Å². The summed E-state index contributed by atoms with van der Waals surface area (Å²) in [5.41, 5.74) is 0. The molecule has 0 N–H and O–H groups in total. The quantitative estimate of drug-likeness (QED) is 0.422. The molecule has 0 aromatic carbocycles. The molecule has 9 heavy (non-hydrogen) atoms. The van der Waals surface area contributed by atoms with E-state index in [0.29, 0.717) is 0 Å². The van der Waals surface area contributed by atoms with E-state index in [9.17, 15) is 0 Å². The molecule has 1 rings (SSSR count). The van der Waals surface area contributed by atoms with E-state index in [1.165, 1.54) is 13.1 Å². The fraction of sp³-hybridized carbons (Fsp3) is 0.857. The van der Waals surface area contributed by atoms with Crippen LogP contribution in [0.25, 0.3) is 0 Å². The lowest BCUT2D eigenvalue weighted by molar-refractivity contribution is -0.510. The highest BCUT2D eigenvalue weighted by Crippen LogP contribution is 2.00. The van der Waals surface area contributed by atoms with Crippen molar-refractivity contribution in [2.24, 2.45) is 5.92 Å². The highest BCUT2D eigenvalue weighted by molar-refractivity contribution is 5.48. The summed E-state index contributed by atoms with van der Waals surface area (Å²) >= 11 is 0. The second kappa shape index (κ2) is 2.38. The van der Waals surface area contributed by atoms with Crippen molar-refractivity contribution in [1.82, 2.24) is 4.90 Å². The summed E-state index contributed by atoms with van der Waals surface area (Å²) in [5.74, 6) is 0.810. The summed E-state index contributed by atoms with van der Waals surface area (Å²) in [6, 6.07) is 0. The van der Waals surface area contributed by atoms with E-state index >= 15 is 0 Å². The Kier molecular flexibility index (Phi) is 1.74. The maximum atomic E-state index is 2.28. The van der Waals surface area contributed by atoms with Gasteiger partial charge >= 0.3 is 0 Å². The molecule has 0 bridgehead atoms. The fourth-order valence-corrected chi connectivity index (χ4v) is 1.47. The first kappa shape index (κ1) is 6.59. The first-order valence-electron chi connectivity index (χ1n) is 3.44. The molecule has 0 saturated heterocycles. The standard InChI is InChI=1S/C7H15N2/c1-7-4-8(2)6-9(3)5-7/h6-7H,4-5H2,1-3H3/q+1. The lowest BCUT2D eigenvalue weighted by Gasteiger charge is -2.19. The van der Waals surface area contributed by atoms with Gasteiger partial charge in [-0.15, -0.1) is 0 Å². The van der Waals surface area contributed by atoms with E-state index in [0.717, 1.165) is 5.92 Å². The molecule has 0 spiro atoms. The third-order valence-corrected chi connectivity index (χ3v) is 1.59. The third kappa shape index (κ3) is 1.70. The molecular weight excluding hydrogens is 112 g/mol. The SMILES string of the molecule is CC1CN(C)C=[N+](C)C1. The number of nitrogens with zero attached hydrogens (tertiary/aromatic N) is 2. The molecule has 2 heteroatoms. The molecule has 1 aliphatic rings. The van der Waals surface area contributed by atoms with Crippen LogP contribution in [0, 0.1) is 5.92 Å². The van der Waals surface area contributed by atoms with Crippen molar-refractivity contribution in [3.8, 4) is 0 Å². The van der Waals surface area contributed by atoms with Crippen molar-refractivity contribution in [1.29, 1.82) is 0 Å². The minimum atomic E-state index is 0.810. The predicted octanol–water partition coefficient (Wildman–Crippen LogP) is 0.238. The van der Waals surface area contributed by atoms with Crippen LogP contribution in [0.1, 0.15) is 6.92 Å². The predicted molar refractivity (Wildman–Crippen MR) is 38.9 cm³/mol. The Balaban J connectivity index is 2.56. The van der Waals surface area contributed by atoms with Crippen molar-refractivity contribution in [2.75, 3.05) is 27.2 Å². The van der Waals surface area contributed by atoms with Crippen molar-refractivity contribution in [3.05, 3.63) is 0 Å². The van der Waals surface area contributed by atoms with Gasteiger partial charge in [0.15, 0.2) is 0 Å². The smallest absolute Gasteiger partial charge is 0.233 e. The number of hydrogen-bond acceptors (Lipinski definition) is 1. The first-order valence-corrected chi connectivity index (χ1v) is 3.44. The Labute approximate surface area is 56.8 Å². The molecule has 1 unspecified atom stereocenters. The molecule has 2 nitrogen and oxygen atoms in total. The maximum absolute atomic E-state index is 2.28. The van der Waals surface area contributed by atoms with E-state index in [-0.39, 0.29) is 0 Å². The van der Waals surface area contributed by atoms with E-state index in [4.69, 9.17) is 0 Å². The van der Waals surface area contributed by atoms with Gasteiger partial charge in [-0.25, -0.2) is 0 Å². The van der Waals surface area contributed by atoms with Gasteiger partial charge < -0.3 is 0 Å². The van der Waals surface area contributed by atoms with Crippen LogP contribution in [0.3, 0.4) is 0 Å².